The summed E-state index contributed by atoms with van der Waals surface area (Å²) in [5.74, 6) is -0.504. The van der Waals surface area contributed by atoms with Crippen molar-refractivity contribution in [1.29, 1.82) is 0 Å². The van der Waals surface area contributed by atoms with Crippen molar-refractivity contribution in [3.8, 4) is 0 Å². The Morgan fingerprint density at radius 1 is 1.05 bits per heavy atom. The summed E-state index contributed by atoms with van der Waals surface area (Å²) < 4.78 is 0. The van der Waals surface area contributed by atoms with Crippen molar-refractivity contribution in [2.75, 3.05) is 10.7 Å². The largest absolute Gasteiger partial charge is 0.524 e. The van der Waals surface area contributed by atoms with Crippen molar-refractivity contribution in [1.82, 2.24) is 0 Å². The number of non-ortho nitro benzene ring substituents is 1. The monoisotopic (exact) mass is 283 g/mol. The summed E-state index contributed by atoms with van der Waals surface area (Å²) in [5, 5.41) is 16.7. The fourth-order valence-electron chi connectivity index (χ4n) is 1.48. The fourth-order valence-corrected chi connectivity index (χ4v) is 1.48. The molecule has 0 aliphatic rings. The molecule has 0 heterocycles. The van der Waals surface area contributed by atoms with Gasteiger partial charge in [0.05, 0.1) is 15.7 Å². The normalized spacial score (nSPS) is 9.90. The Labute approximate surface area is 120 Å². The Bertz CT molecular complexity index is 654. The molecule has 0 aliphatic heterocycles. The lowest BCUT2D eigenvalue weighted by Gasteiger charge is -1.95. The highest BCUT2D eigenvalue weighted by molar-refractivity contribution is 6.31. The van der Waals surface area contributed by atoms with Crippen molar-refractivity contribution in [2.24, 2.45) is 5.10 Å². The number of hydrogen-bond donors (Lipinski definition) is 2. The average molecular weight is 283 g/mol. The Morgan fingerprint density at radius 2 is 1.71 bits per heavy atom. The van der Waals surface area contributed by atoms with Crippen molar-refractivity contribution < 1.29 is 9.72 Å². The van der Waals surface area contributed by atoms with Gasteiger partial charge in [-0.3, -0.25) is 15.4 Å². The molecule has 7 heteroatoms. The molecule has 0 bridgehead atoms. The second-order valence-corrected chi connectivity index (χ2v) is 3.96. The SMILES string of the molecule is O=C([C+]=NNc1ccc([N+](=O)[O-])cc1)Nc1ccccc1. The van der Waals surface area contributed by atoms with E-state index >= 15 is 0 Å². The van der Waals surface area contributed by atoms with E-state index in [4.69, 9.17) is 0 Å². The molecule has 21 heavy (non-hydrogen) atoms. The van der Waals surface area contributed by atoms with Crippen LogP contribution in [-0.4, -0.2) is 17.0 Å². The number of rotatable bonds is 5. The van der Waals surface area contributed by atoms with Crippen LogP contribution in [0.5, 0.6) is 0 Å². The quantitative estimate of drug-likeness (QED) is 0.381. The van der Waals surface area contributed by atoms with Gasteiger partial charge in [0.15, 0.2) is 0 Å². The Hall–Kier alpha value is -3.31. The van der Waals surface area contributed by atoms with Gasteiger partial charge in [-0.2, -0.15) is 0 Å². The van der Waals surface area contributed by atoms with Crippen molar-refractivity contribution >= 4 is 29.2 Å². The van der Waals surface area contributed by atoms with Gasteiger partial charge in [0, 0.05) is 17.8 Å². The Balaban J connectivity index is 1.87. The van der Waals surface area contributed by atoms with E-state index in [1.165, 1.54) is 24.3 Å². The summed E-state index contributed by atoms with van der Waals surface area (Å²) in [6.45, 7) is 0. The number of nitro benzene ring substituents is 1. The molecule has 0 spiro atoms. The number of hydrogen-bond acceptors (Lipinski definition) is 5. The molecule has 2 aromatic rings. The second-order valence-electron chi connectivity index (χ2n) is 3.96. The molecule has 2 rings (SSSR count). The number of carbonyl (C=O) groups excluding carboxylic acids is 1. The third-order valence-corrected chi connectivity index (χ3v) is 2.45. The van der Waals surface area contributed by atoms with Gasteiger partial charge in [0.25, 0.3) is 5.69 Å². The van der Waals surface area contributed by atoms with E-state index in [1.807, 2.05) is 6.07 Å². The molecule has 0 radical (unpaired) electrons. The van der Waals surface area contributed by atoms with Crippen molar-refractivity contribution in [3.63, 3.8) is 0 Å². The van der Waals surface area contributed by atoms with Gasteiger partial charge in [-0.1, -0.05) is 18.2 Å². The summed E-state index contributed by atoms with van der Waals surface area (Å²) in [4.78, 5) is 21.5. The number of carbonyl (C=O) groups is 1. The van der Waals surface area contributed by atoms with E-state index in [9.17, 15) is 14.9 Å². The molecule has 0 saturated heterocycles. The molecular formula is C14H11N4O3+. The fraction of sp³-hybridized carbons (Fsp3) is 0. The zero-order valence-corrected chi connectivity index (χ0v) is 10.8. The molecule has 0 aliphatic carbocycles. The summed E-state index contributed by atoms with van der Waals surface area (Å²) >= 11 is 0. The highest BCUT2D eigenvalue weighted by Crippen LogP contribution is 2.15. The predicted molar refractivity (Wildman–Crippen MR) is 79.2 cm³/mol. The first-order valence-corrected chi connectivity index (χ1v) is 5.97. The van der Waals surface area contributed by atoms with Gasteiger partial charge in [-0.25, -0.2) is 10.2 Å². The third kappa shape index (κ3) is 4.38. The smallest absolute Gasteiger partial charge is 0.274 e. The molecule has 0 aromatic heterocycles. The van der Waals surface area contributed by atoms with Crippen molar-refractivity contribution in [2.45, 2.75) is 0 Å². The zero-order chi connectivity index (χ0) is 15.1. The zero-order valence-electron chi connectivity index (χ0n) is 10.8. The van der Waals surface area contributed by atoms with Crippen LogP contribution in [-0.2, 0) is 4.79 Å². The minimum absolute atomic E-state index is 0.0182. The first-order chi connectivity index (χ1) is 10.1. The molecule has 104 valence electrons. The maximum absolute atomic E-state index is 11.5. The van der Waals surface area contributed by atoms with E-state index in [1.54, 1.807) is 24.3 Å². The summed E-state index contributed by atoms with van der Waals surface area (Å²) in [6.07, 6.45) is 2.25. The Morgan fingerprint density at radius 3 is 2.33 bits per heavy atom. The first-order valence-electron chi connectivity index (χ1n) is 5.97. The number of para-hydroxylation sites is 1. The van der Waals surface area contributed by atoms with Crippen LogP contribution in [0.25, 0.3) is 0 Å². The number of nitro groups is 1. The van der Waals surface area contributed by atoms with Crippen LogP contribution in [0.1, 0.15) is 0 Å². The van der Waals surface area contributed by atoms with E-state index in [0.29, 0.717) is 11.4 Å². The molecule has 1 amide bonds. The topological polar surface area (TPSA) is 96.6 Å². The van der Waals surface area contributed by atoms with Gasteiger partial charge in [-0.15, -0.1) is 0 Å². The van der Waals surface area contributed by atoms with Crippen LogP contribution in [0.3, 0.4) is 0 Å². The number of nitrogens with zero attached hydrogens (tertiary/aromatic N) is 2. The van der Waals surface area contributed by atoms with Gasteiger partial charge < -0.3 is 0 Å². The van der Waals surface area contributed by atoms with Gasteiger partial charge in [0.2, 0.25) is 0 Å². The predicted octanol–water partition coefficient (Wildman–Crippen LogP) is 2.51. The van der Waals surface area contributed by atoms with Gasteiger partial charge >= 0.3 is 12.1 Å². The maximum Gasteiger partial charge on any atom is 0.524 e. The van der Waals surface area contributed by atoms with E-state index in [2.05, 4.69) is 22.1 Å². The molecule has 2 aromatic carbocycles. The van der Waals surface area contributed by atoms with E-state index in [-0.39, 0.29) is 5.69 Å². The van der Waals surface area contributed by atoms with Gasteiger partial charge in [-0.05, 0) is 24.3 Å². The lowest BCUT2D eigenvalue weighted by Crippen LogP contribution is -2.13. The average Bonchev–Trinajstić information content (AvgIpc) is 2.49. The van der Waals surface area contributed by atoms with Crippen LogP contribution in [0.4, 0.5) is 17.1 Å². The number of benzene rings is 2. The highest BCUT2D eigenvalue weighted by Gasteiger charge is 2.14. The van der Waals surface area contributed by atoms with Crippen LogP contribution >= 0.6 is 0 Å². The molecule has 0 fully saturated rings. The number of nitrogens with one attached hydrogen (secondary N) is 2. The van der Waals surface area contributed by atoms with E-state index in [0.717, 1.165) is 0 Å². The third-order valence-electron chi connectivity index (χ3n) is 2.45. The molecule has 0 atom stereocenters. The van der Waals surface area contributed by atoms with E-state index < -0.39 is 10.8 Å². The molecule has 0 saturated carbocycles. The summed E-state index contributed by atoms with van der Waals surface area (Å²) in [6, 6.07) is 14.5. The number of hydrazone groups is 1. The standard InChI is InChI=1S/C14H10N4O3/c19-14(16-11-4-2-1-3-5-11)10-15-17-12-6-8-13(9-7-12)18(20)21/h1-9H,(H-,16,17,19)/p+1. The first kappa shape index (κ1) is 14.1. The summed E-state index contributed by atoms with van der Waals surface area (Å²) in [5.41, 5.74) is 3.69. The lowest BCUT2D eigenvalue weighted by molar-refractivity contribution is -0.384. The minimum atomic E-state index is -0.504. The number of amides is 1. The van der Waals surface area contributed by atoms with Crippen LogP contribution < -0.4 is 10.7 Å². The van der Waals surface area contributed by atoms with Gasteiger partial charge in [0.1, 0.15) is 0 Å². The molecular weight excluding hydrogens is 272 g/mol. The minimum Gasteiger partial charge on any atom is -0.274 e. The van der Waals surface area contributed by atoms with Crippen molar-refractivity contribution in [3.05, 3.63) is 64.7 Å². The molecule has 7 nitrogen and oxygen atoms in total. The number of anilines is 2. The molecule has 0 unspecified atom stereocenters. The van der Waals surface area contributed by atoms with Crippen LogP contribution in [0.2, 0.25) is 0 Å². The highest BCUT2D eigenvalue weighted by atomic mass is 16.6. The van der Waals surface area contributed by atoms with Crippen LogP contribution in [0.15, 0.2) is 59.7 Å². The Kier molecular flexibility index (Phi) is 4.53. The van der Waals surface area contributed by atoms with Crippen LogP contribution in [0, 0.1) is 10.1 Å². The maximum atomic E-state index is 11.5. The molecule has 2 N–H and O–H groups in total. The second kappa shape index (κ2) is 6.74. The lowest BCUT2D eigenvalue weighted by atomic mass is 10.3. The summed E-state index contributed by atoms with van der Waals surface area (Å²) in [7, 11) is 0.